The van der Waals surface area contributed by atoms with Gasteiger partial charge in [-0.15, -0.1) is 0 Å². The molecule has 0 spiro atoms. The zero-order chi connectivity index (χ0) is 24.2. The number of aryl methyl sites for hydroxylation is 2. The number of carbonyl (C=O) groups is 1. The Kier molecular flexibility index (Phi) is 7.31. The second kappa shape index (κ2) is 10.4. The molecule has 0 aliphatic carbocycles. The van der Waals surface area contributed by atoms with Gasteiger partial charge in [-0.25, -0.2) is 9.78 Å². The molecule has 1 aromatic carbocycles. The van der Waals surface area contributed by atoms with Crippen molar-refractivity contribution in [1.29, 1.82) is 0 Å². The highest BCUT2D eigenvalue weighted by Crippen LogP contribution is 2.18. The lowest BCUT2D eigenvalue weighted by atomic mass is 9.98. The average molecular weight is 467 g/mol. The Morgan fingerprint density at radius 1 is 1.12 bits per heavy atom. The first kappa shape index (κ1) is 23.9. The lowest BCUT2D eigenvalue weighted by molar-refractivity contribution is -0.121. The summed E-state index contributed by atoms with van der Waals surface area (Å²) in [7, 11) is 3.05. The summed E-state index contributed by atoms with van der Waals surface area (Å²) in [6.45, 7) is 6.55. The number of piperidine rings is 1. The number of rotatable bonds is 8. The number of nitrogens with zero attached hydrogens (tertiary/aromatic N) is 5. The maximum absolute atomic E-state index is 12.5. The second-order valence-corrected chi connectivity index (χ2v) is 9.47. The lowest BCUT2D eigenvalue weighted by Gasteiger charge is -2.30. The maximum atomic E-state index is 12.5. The number of nitrogens with one attached hydrogen (secondary N) is 1. The molecule has 0 unspecified atom stereocenters. The van der Waals surface area contributed by atoms with Gasteiger partial charge in [-0.3, -0.25) is 23.6 Å². The first-order valence-corrected chi connectivity index (χ1v) is 12.0. The quantitative estimate of drug-likeness (QED) is 0.546. The highest BCUT2D eigenvalue weighted by atomic mass is 16.2. The van der Waals surface area contributed by atoms with Gasteiger partial charge in [0.25, 0.3) is 5.56 Å². The van der Waals surface area contributed by atoms with Gasteiger partial charge < -0.3 is 9.88 Å². The van der Waals surface area contributed by atoms with Crippen molar-refractivity contribution >= 4 is 17.1 Å². The van der Waals surface area contributed by atoms with Crippen LogP contribution < -0.4 is 16.6 Å². The molecule has 2 aromatic heterocycles. The molecule has 3 heterocycles. The van der Waals surface area contributed by atoms with Gasteiger partial charge >= 0.3 is 5.69 Å². The number of hydrogen-bond donors (Lipinski definition) is 1. The number of benzene rings is 1. The van der Waals surface area contributed by atoms with Crippen LogP contribution in [0.15, 0.2) is 40.2 Å². The highest BCUT2D eigenvalue weighted by molar-refractivity contribution is 5.76. The zero-order valence-corrected chi connectivity index (χ0v) is 20.3. The predicted molar refractivity (Wildman–Crippen MR) is 131 cm³/mol. The van der Waals surface area contributed by atoms with Crippen LogP contribution in [0.4, 0.5) is 0 Å². The van der Waals surface area contributed by atoms with Crippen molar-refractivity contribution in [3.8, 4) is 0 Å². The fourth-order valence-electron chi connectivity index (χ4n) is 4.58. The van der Waals surface area contributed by atoms with Crippen LogP contribution in [0.1, 0.15) is 43.7 Å². The molecule has 1 N–H and O–H groups in total. The van der Waals surface area contributed by atoms with Crippen molar-refractivity contribution in [3.05, 3.63) is 62.6 Å². The maximum Gasteiger partial charge on any atom is 0.332 e. The summed E-state index contributed by atoms with van der Waals surface area (Å²) in [4.78, 5) is 43.7. The summed E-state index contributed by atoms with van der Waals surface area (Å²) in [5, 5.41) is 3.00. The first-order chi connectivity index (χ1) is 16.3. The van der Waals surface area contributed by atoms with Crippen LogP contribution in [-0.2, 0) is 38.5 Å². The third-order valence-corrected chi connectivity index (χ3v) is 6.78. The van der Waals surface area contributed by atoms with Crippen LogP contribution in [0.25, 0.3) is 11.2 Å². The van der Waals surface area contributed by atoms with Crippen molar-refractivity contribution in [3.63, 3.8) is 0 Å². The van der Waals surface area contributed by atoms with E-state index in [-0.39, 0.29) is 11.5 Å². The molecule has 3 aromatic rings. The van der Waals surface area contributed by atoms with E-state index >= 15 is 0 Å². The first-order valence-electron chi connectivity index (χ1n) is 12.0. The van der Waals surface area contributed by atoms with Gasteiger partial charge in [0.2, 0.25) is 5.91 Å². The van der Waals surface area contributed by atoms with Gasteiger partial charge in [-0.05, 0) is 49.4 Å². The van der Waals surface area contributed by atoms with E-state index in [0.717, 1.165) is 35.7 Å². The Morgan fingerprint density at radius 2 is 1.85 bits per heavy atom. The van der Waals surface area contributed by atoms with Crippen LogP contribution in [0.5, 0.6) is 0 Å². The summed E-state index contributed by atoms with van der Waals surface area (Å²) in [6.07, 6.45) is 4.99. The molecule has 0 atom stereocenters. The van der Waals surface area contributed by atoms with Gasteiger partial charge in [0.15, 0.2) is 11.2 Å². The van der Waals surface area contributed by atoms with E-state index in [1.807, 2.05) is 6.07 Å². The standard InChI is InChI=1S/C25H34N6O3/c1-18-9-12-30(13-10-18)16-20-7-4-6-19(14-20)15-26-21(32)8-5-11-31-17-27-23-22(31)24(33)29(3)25(34)28(23)2/h4,6-7,14,17-18H,5,8-13,15-16H2,1-3H3,(H,26,32). The molecule has 1 aliphatic heterocycles. The van der Waals surface area contributed by atoms with E-state index in [0.29, 0.717) is 37.1 Å². The predicted octanol–water partition coefficient (Wildman–Crippen LogP) is 1.76. The normalized spacial score (nSPS) is 15.1. The van der Waals surface area contributed by atoms with E-state index in [1.165, 1.54) is 30.0 Å². The monoisotopic (exact) mass is 466 g/mol. The SMILES string of the molecule is CC1CCN(Cc2cccc(CNC(=O)CCCn3cnc4c3c(=O)n(C)c(=O)n4C)c2)CC1. The van der Waals surface area contributed by atoms with Gasteiger partial charge in [0, 0.05) is 40.2 Å². The minimum absolute atomic E-state index is 0.0276. The van der Waals surface area contributed by atoms with Crippen LogP contribution >= 0.6 is 0 Å². The molecule has 0 radical (unpaired) electrons. The molecule has 0 bridgehead atoms. The second-order valence-electron chi connectivity index (χ2n) is 9.47. The Morgan fingerprint density at radius 3 is 2.62 bits per heavy atom. The van der Waals surface area contributed by atoms with Crippen molar-refractivity contribution in [2.24, 2.45) is 20.0 Å². The Labute approximate surface area is 199 Å². The number of fused-ring (bicyclic) bond motifs is 1. The molecule has 4 rings (SSSR count). The van der Waals surface area contributed by atoms with Crippen LogP contribution in [0.3, 0.4) is 0 Å². The summed E-state index contributed by atoms with van der Waals surface area (Å²) < 4.78 is 4.15. The van der Waals surface area contributed by atoms with E-state index in [1.54, 1.807) is 17.9 Å². The van der Waals surface area contributed by atoms with E-state index < -0.39 is 5.69 Å². The van der Waals surface area contributed by atoms with Crippen molar-refractivity contribution in [1.82, 2.24) is 28.9 Å². The smallest absolute Gasteiger partial charge is 0.332 e. The van der Waals surface area contributed by atoms with E-state index in [2.05, 4.69) is 40.3 Å². The van der Waals surface area contributed by atoms with Crippen molar-refractivity contribution in [2.75, 3.05) is 13.1 Å². The zero-order valence-electron chi connectivity index (χ0n) is 20.3. The Balaban J connectivity index is 1.28. The van der Waals surface area contributed by atoms with Crippen molar-refractivity contribution < 1.29 is 4.79 Å². The highest BCUT2D eigenvalue weighted by Gasteiger charge is 2.16. The number of carbonyl (C=O) groups excluding carboxylic acids is 1. The summed E-state index contributed by atoms with van der Waals surface area (Å²) >= 11 is 0. The largest absolute Gasteiger partial charge is 0.352 e. The Bertz CT molecular complexity index is 1280. The molecule has 1 saturated heterocycles. The summed E-state index contributed by atoms with van der Waals surface area (Å²) in [6, 6.07) is 8.43. The molecule has 9 nitrogen and oxygen atoms in total. The van der Waals surface area contributed by atoms with Crippen LogP contribution in [0.2, 0.25) is 0 Å². The molecular formula is C25H34N6O3. The number of amides is 1. The molecule has 1 aliphatic rings. The number of aromatic nitrogens is 4. The lowest BCUT2D eigenvalue weighted by Crippen LogP contribution is -2.37. The minimum Gasteiger partial charge on any atom is -0.352 e. The van der Waals surface area contributed by atoms with Gasteiger partial charge in [0.05, 0.1) is 6.33 Å². The van der Waals surface area contributed by atoms with E-state index in [9.17, 15) is 14.4 Å². The van der Waals surface area contributed by atoms with Gasteiger partial charge in [0.1, 0.15) is 0 Å². The third kappa shape index (κ3) is 5.30. The molecular weight excluding hydrogens is 432 g/mol. The topological polar surface area (TPSA) is 94.2 Å². The molecule has 0 saturated carbocycles. The van der Waals surface area contributed by atoms with Gasteiger partial charge in [-0.2, -0.15) is 0 Å². The van der Waals surface area contributed by atoms with Crippen LogP contribution in [0, 0.1) is 5.92 Å². The fourth-order valence-corrected chi connectivity index (χ4v) is 4.58. The number of hydrogen-bond acceptors (Lipinski definition) is 5. The van der Waals surface area contributed by atoms with Crippen LogP contribution in [-0.4, -0.2) is 42.6 Å². The molecule has 9 heteroatoms. The molecule has 1 fully saturated rings. The number of likely N-dealkylation sites (tertiary alicyclic amines) is 1. The van der Waals surface area contributed by atoms with E-state index in [4.69, 9.17) is 0 Å². The Hall–Kier alpha value is -3.20. The summed E-state index contributed by atoms with van der Waals surface area (Å²) in [5.41, 5.74) is 2.34. The molecule has 34 heavy (non-hydrogen) atoms. The molecule has 1 amide bonds. The summed E-state index contributed by atoms with van der Waals surface area (Å²) in [5.74, 6) is 0.796. The third-order valence-electron chi connectivity index (χ3n) is 6.78. The van der Waals surface area contributed by atoms with Crippen molar-refractivity contribution in [2.45, 2.75) is 52.2 Å². The average Bonchev–Trinajstić information content (AvgIpc) is 3.26. The molecule has 182 valence electrons. The minimum atomic E-state index is -0.406. The fraction of sp³-hybridized carbons (Fsp3) is 0.520. The number of imidazole rings is 1. The van der Waals surface area contributed by atoms with Gasteiger partial charge in [-0.1, -0.05) is 31.2 Å².